The predicted molar refractivity (Wildman–Crippen MR) is 339 cm³/mol. The SMILES string of the molecule is Fc1cc(-c2nc(-c3ccccc3)nc(-c3cccc(-n4c5ccccc5c5cc(-c6ccc(-n7c8ccccc8c8cc(-c9ccc%10[nH]c%11ccccc%11c%10c9)ccc87)cc6)ccc54)c3)n2)ccc1-n1c2ccccc2c2ccccc21. The zero-order chi connectivity index (χ0) is 54.7. The average molecular weight is 1060 g/mol. The summed E-state index contributed by atoms with van der Waals surface area (Å²) in [5.41, 5.74) is 18.0. The number of hydrogen-bond acceptors (Lipinski definition) is 3. The molecule has 5 heterocycles. The van der Waals surface area contributed by atoms with Crippen molar-refractivity contribution in [3.63, 3.8) is 0 Å². The second-order valence-corrected chi connectivity index (χ2v) is 21.4. The third-order valence-corrected chi connectivity index (χ3v) is 16.7. The Morgan fingerprint density at radius 2 is 0.675 bits per heavy atom. The number of halogens is 1. The summed E-state index contributed by atoms with van der Waals surface area (Å²) in [4.78, 5) is 18.7. The summed E-state index contributed by atoms with van der Waals surface area (Å²) >= 11 is 0. The van der Waals surface area contributed by atoms with Crippen molar-refractivity contribution in [2.75, 3.05) is 0 Å². The zero-order valence-electron chi connectivity index (χ0n) is 44.5. The third kappa shape index (κ3) is 7.47. The van der Waals surface area contributed by atoms with Crippen molar-refractivity contribution >= 4 is 87.2 Å². The van der Waals surface area contributed by atoms with E-state index in [-0.39, 0.29) is 5.82 Å². The van der Waals surface area contributed by atoms with Gasteiger partial charge in [-0.05, 0) is 131 Å². The summed E-state index contributed by atoms with van der Waals surface area (Å²) in [5, 5.41) is 9.35. The Labute approximate surface area is 475 Å². The molecule has 17 rings (SSSR count). The first-order valence-corrected chi connectivity index (χ1v) is 27.9. The lowest BCUT2D eigenvalue weighted by Gasteiger charge is -2.13. The zero-order valence-corrected chi connectivity index (χ0v) is 44.5. The minimum atomic E-state index is -0.378. The second kappa shape index (κ2) is 18.4. The molecule has 0 amide bonds. The fraction of sp³-hybridized carbons (Fsp3) is 0. The normalized spacial score (nSPS) is 11.9. The van der Waals surface area contributed by atoms with Gasteiger partial charge in [-0.1, -0.05) is 164 Å². The molecule has 17 aromatic rings. The molecule has 0 spiro atoms. The summed E-state index contributed by atoms with van der Waals surface area (Å²) in [6, 6.07) is 94.9. The molecular weight excluding hydrogens is 1020 g/mol. The van der Waals surface area contributed by atoms with E-state index in [9.17, 15) is 0 Å². The Morgan fingerprint density at radius 1 is 0.253 bits per heavy atom. The number of nitrogens with one attached hydrogen (secondary N) is 1. The van der Waals surface area contributed by atoms with Gasteiger partial charge in [-0.25, -0.2) is 19.3 Å². The van der Waals surface area contributed by atoms with Crippen LogP contribution in [0.2, 0.25) is 0 Å². The highest BCUT2D eigenvalue weighted by Crippen LogP contribution is 2.40. The molecular formula is C75H46FN7. The van der Waals surface area contributed by atoms with Gasteiger partial charge in [0.1, 0.15) is 5.82 Å². The Balaban J connectivity index is 0.721. The average Bonchev–Trinajstić information content (AvgIpc) is 3.00. The summed E-state index contributed by atoms with van der Waals surface area (Å²) < 4.78 is 23.5. The molecule has 0 atom stereocenters. The summed E-state index contributed by atoms with van der Waals surface area (Å²) in [6.07, 6.45) is 0. The van der Waals surface area contributed by atoms with Gasteiger partial charge < -0.3 is 18.7 Å². The minimum absolute atomic E-state index is 0.378. The number of H-pyrrole nitrogens is 1. The van der Waals surface area contributed by atoms with Crippen molar-refractivity contribution in [2.45, 2.75) is 0 Å². The summed E-state index contributed by atoms with van der Waals surface area (Å²) in [5.74, 6) is 0.987. The first-order valence-electron chi connectivity index (χ1n) is 27.9. The molecule has 0 bridgehead atoms. The number of hydrogen-bond donors (Lipinski definition) is 1. The molecule has 8 heteroatoms. The highest BCUT2D eigenvalue weighted by molar-refractivity contribution is 6.13. The lowest BCUT2D eigenvalue weighted by Crippen LogP contribution is -2.02. The molecule has 0 saturated heterocycles. The van der Waals surface area contributed by atoms with Gasteiger partial charge in [0.05, 0.1) is 38.8 Å². The molecule has 388 valence electrons. The van der Waals surface area contributed by atoms with Gasteiger partial charge >= 0.3 is 0 Å². The van der Waals surface area contributed by atoms with Crippen molar-refractivity contribution in [3.05, 3.63) is 279 Å². The molecule has 83 heavy (non-hydrogen) atoms. The van der Waals surface area contributed by atoms with E-state index in [1.165, 1.54) is 43.7 Å². The van der Waals surface area contributed by atoms with Crippen molar-refractivity contribution in [1.29, 1.82) is 0 Å². The van der Waals surface area contributed by atoms with E-state index in [2.05, 4.69) is 196 Å². The topological polar surface area (TPSA) is 69.2 Å². The Kier molecular flexibility index (Phi) is 10.4. The van der Waals surface area contributed by atoms with E-state index < -0.39 is 0 Å². The molecule has 0 aliphatic carbocycles. The predicted octanol–water partition coefficient (Wildman–Crippen LogP) is 19.3. The maximum Gasteiger partial charge on any atom is 0.164 e. The van der Waals surface area contributed by atoms with Crippen LogP contribution in [0.4, 0.5) is 4.39 Å². The van der Waals surface area contributed by atoms with Gasteiger partial charge in [-0.3, -0.25) is 0 Å². The fourth-order valence-corrected chi connectivity index (χ4v) is 12.8. The number of fused-ring (bicyclic) bond motifs is 12. The lowest BCUT2D eigenvalue weighted by molar-refractivity contribution is 0.621. The van der Waals surface area contributed by atoms with E-state index in [0.29, 0.717) is 28.7 Å². The van der Waals surface area contributed by atoms with Crippen LogP contribution in [0.25, 0.3) is 161 Å². The van der Waals surface area contributed by atoms with Gasteiger partial charge in [0.15, 0.2) is 17.5 Å². The van der Waals surface area contributed by atoms with Crippen LogP contribution in [0.5, 0.6) is 0 Å². The highest BCUT2D eigenvalue weighted by atomic mass is 19.1. The van der Waals surface area contributed by atoms with Crippen molar-refractivity contribution < 1.29 is 4.39 Å². The maximum absolute atomic E-state index is 16.8. The number of aromatic amines is 1. The van der Waals surface area contributed by atoms with Crippen LogP contribution >= 0.6 is 0 Å². The molecule has 1 N–H and O–H groups in total. The van der Waals surface area contributed by atoms with E-state index in [1.54, 1.807) is 6.07 Å². The van der Waals surface area contributed by atoms with Crippen molar-refractivity contribution in [3.8, 4) is 73.5 Å². The van der Waals surface area contributed by atoms with Crippen LogP contribution < -0.4 is 0 Å². The van der Waals surface area contributed by atoms with Gasteiger partial charge in [0.25, 0.3) is 0 Å². The molecule has 0 fully saturated rings. The highest BCUT2D eigenvalue weighted by Gasteiger charge is 2.21. The number of para-hydroxylation sites is 5. The monoisotopic (exact) mass is 1060 g/mol. The van der Waals surface area contributed by atoms with Gasteiger partial charge in [-0.15, -0.1) is 0 Å². The Morgan fingerprint density at radius 3 is 1.29 bits per heavy atom. The van der Waals surface area contributed by atoms with Crippen LogP contribution in [0.1, 0.15) is 0 Å². The molecule has 0 radical (unpaired) electrons. The van der Waals surface area contributed by atoms with Crippen LogP contribution in [-0.4, -0.2) is 33.6 Å². The van der Waals surface area contributed by atoms with Gasteiger partial charge in [-0.2, -0.15) is 0 Å². The van der Waals surface area contributed by atoms with Crippen LogP contribution in [0.3, 0.4) is 0 Å². The quantitative estimate of drug-likeness (QED) is 0.165. The van der Waals surface area contributed by atoms with E-state index >= 15 is 4.39 Å². The first kappa shape index (κ1) is 46.7. The Hall–Kier alpha value is -11.2. The number of aromatic nitrogens is 7. The molecule has 0 saturated carbocycles. The van der Waals surface area contributed by atoms with Crippen molar-refractivity contribution in [2.24, 2.45) is 0 Å². The van der Waals surface area contributed by atoms with E-state index in [4.69, 9.17) is 15.0 Å². The lowest BCUT2D eigenvalue weighted by atomic mass is 10.0. The van der Waals surface area contributed by atoms with E-state index in [1.807, 2.05) is 89.5 Å². The van der Waals surface area contributed by atoms with E-state index in [0.717, 1.165) is 88.3 Å². The Bertz CT molecular complexity index is 5420. The summed E-state index contributed by atoms with van der Waals surface area (Å²) in [6.45, 7) is 0. The number of benzene rings is 12. The maximum atomic E-state index is 16.8. The standard InChI is InChI=1S/C75H46FN7/c76-63-45-52(34-40-72(63)83-68-27-12-5-20-56(68)57-21-6-13-28-69(57)83)75-79-73(47-15-2-1-3-16-47)78-74(80-75)51-17-14-18-54(41-51)82-67-26-11-8-23-59(67)61-43-48(32-38-71(61)82)46-29-35-53(36-30-46)81-66-25-10-7-22-58(66)62-44-50(33-39-70(62)81)49-31-37-65-60(42-49)55-19-4-9-24-64(55)77-65/h1-45,77H. The van der Waals surface area contributed by atoms with Crippen LogP contribution in [0.15, 0.2) is 273 Å². The van der Waals surface area contributed by atoms with Crippen molar-refractivity contribution in [1.82, 2.24) is 33.6 Å². The molecule has 12 aromatic carbocycles. The first-order chi connectivity index (χ1) is 41.0. The number of rotatable bonds is 8. The fourth-order valence-electron chi connectivity index (χ4n) is 12.8. The van der Waals surface area contributed by atoms with Crippen LogP contribution in [0, 0.1) is 5.82 Å². The second-order valence-electron chi connectivity index (χ2n) is 21.4. The molecule has 0 unspecified atom stereocenters. The molecule has 0 aliphatic heterocycles. The molecule has 5 aromatic heterocycles. The number of nitrogens with zero attached hydrogens (tertiary/aromatic N) is 6. The van der Waals surface area contributed by atoms with Crippen LogP contribution in [-0.2, 0) is 0 Å². The smallest absolute Gasteiger partial charge is 0.164 e. The molecule has 7 nitrogen and oxygen atoms in total. The summed E-state index contributed by atoms with van der Waals surface area (Å²) in [7, 11) is 0. The van der Waals surface area contributed by atoms with Gasteiger partial charge in [0, 0.05) is 82.2 Å². The van der Waals surface area contributed by atoms with Gasteiger partial charge in [0.2, 0.25) is 0 Å². The largest absolute Gasteiger partial charge is 0.355 e. The third-order valence-electron chi connectivity index (χ3n) is 16.7. The minimum Gasteiger partial charge on any atom is -0.355 e. The molecule has 0 aliphatic rings.